The Bertz CT molecular complexity index is 594. The smallest absolute Gasteiger partial charge is 0.308 e. The number of thiazole rings is 1. The molecule has 0 fully saturated rings. The number of aromatic hydroxyl groups is 2. The third kappa shape index (κ3) is 2.94. The van der Waals surface area contributed by atoms with E-state index in [2.05, 4.69) is 4.98 Å². The molecular formula is C12H12N2O4S. The molecule has 100 valence electrons. The maximum absolute atomic E-state index is 10.6. The van der Waals surface area contributed by atoms with Gasteiger partial charge in [-0.3, -0.25) is 4.79 Å². The SMILES string of the molecule is CN(c1ccc(O)cc1)c1nc(O)c(CC(=O)O)s1. The summed E-state index contributed by atoms with van der Waals surface area (Å²) >= 11 is 1.12. The summed E-state index contributed by atoms with van der Waals surface area (Å²) in [5.74, 6) is -1.11. The summed E-state index contributed by atoms with van der Waals surface area (Å²) in [6.07, 6.45) is -0.257. The molecule has 1 aromatic heterocycles. The number of benzene rings is 1. The van der Waals surface area contributed by atoms with E-state index in [9.17, 15) is 15.0 Å². The molecule has 0 aliphatic rings. The summed E-state index contributed by atoms with van der Waals surface area (Å²) < 4.78 is 0. The number of rotatable bonds is 4. The molecule has 1 aromatic carbocycles. The second kappa shape index (κ2) is 5.15. The number of hydrogen-bond donors (Lipinski definition) is 3. The van der Waals surface area contributed by atoms with Crippen molar-refractivity contribution in [3.05, 3.63) is 29.1 Å². The highest BCUT2D eigenvalue weighted by Crippen LogP contribution is 2.34. The Labute approximate surface area is 113 Å². The van der Waals surface area contributed by atoms with Gasteiger partial charge in [0.1, 0.15) is 5.75 Å². The van der Waals surface area contributed by atoms with Crippen LogP contribution in [0.2, 0.25) is 0 Å². The molecule has 0 atom stereocenters. The van der Waals surface area contributed by atoms with Crippen molar-refractivity contribution in [2.24, 2.45) is 0 Å². The average molecular weight is 280 g/mol. The van der Waals surface area contributed by atoms with Crippen molar-refractivity contribution >= 4 is 28.1 Å². The number of carbonyl (C=O) groups is 1. The van der Waals surface area contributed by atoms with Crippen molar-refractivity contribution < 1.29 is 20.1 Å². The van der Waals surface area contributed by atoms with Gasteiger partial charge < -0.3 is 20.2 Å². The number of hydrogen-bond acceptors (Lipinski definition) is 6. The van der Waals surface area contributed by atoms with E-state index in [1.807, 2.05) is 0 Å². The highest BCUT2D eigenvalue weighted by atomic mass is 32.1. The van der Waals surface area contributed by atoms with E-state index in [1.165, 1.54) is 12.1 Å². The van der Waals surface area contributed by atoms with Crippen molar-refractivity contribution in [1.29, 1.82) is 0 Å². The van der Waals surface area contributed by atoms with E-state index >= 15 is 0 Å². The Morgan fingerprint density at radius 2 is 1.95 bits per heavy atom. The largest absolute Gasteiger partial charge is 0.508 e. The van der Waals surface area contributed by atoms with E-state index in [1.54, 1.807) is 24.1 Å². The Morgan fingerprint density at radius 3 is 2.53 bits per heavy atom. The Morgan fingerprint density at radius 1 is 1.32 bits per heavy atom. The van der Waals surface area contributed by atoms with Gasteiger partial charge in [-0.1, -0.05) is 11.3 Å². The number of anilines is 2. The molecule has 0 amide bonds. The summed E-state index contributed by atoms with van der Waals surface area (Å²) in [4.78, 5) is 16.6. The molecule has 1 heterocycles. The molecule has 0 unspecified atom stereocenters. The van der Waals surface area contributed by atoms with Crippen LogP contribution in [-0.2, 0) is 11.2 Å². The normalized spacial score (nSPS) is 10.4. The summed E-state index contributed by atoms with van der Waals surface area (Å²) in [6, 6.07) is 6.48. The van der Waals surface area contributed by atoms with Gasteiger partial charge in [0.15, 0.2) is 5.13 Å². The number of phenolic OH excluding ortho intramolecular Hbond substituents is 1. The minimum absolute atomic E-state index is 0.158. The molecule has 0 saturated heterocycles. The molecule has 0 bridgehead atoms. The van der Waals surface area contributed by atoms with Gasteiger partial charge in [-0.2, -0.15) is 4.98 Å². The van der Waals surface area contributed by atoms with Crippen LogP contribution in [0.15, 0.2) is 24.3 Å². The van der Waals surface area contributed by atoms with Crippen LogP contribution in [0.25, 0.3) is 0 Å². The molecule has 6 nitrogen and oxygen atoms in total. The maximum Gasteiger partial charge on any atom is 0.308 e. The van der Waals surface area contributed by atoms with Gasteiger partial charge in [0, 0.05) is 12.7 Å². The molecule has 3 N–H and O–H groups in total. The first-order chi connectivity index (χ1) is 8.97. The van der Waals surface area contributed by atoms with Gasteiger partial charge in [0.05, 0.1) is 11.3 Å². The van der Waals surface area contributed by atoms with Crippen molar-refractivity contribution in [2.75, 3.05) is 11.9 Å². The fraction of sp³-hybridized carbons (Fsp3) is 0.167. The summed E-state index contributed by atoms with van der Waals surface area (Å²) in [5.41, 5.74) is 0.772. The standard InChI is InChI=1S/C12H12N2O4S/c1-14(7-2-4-8(15)5-3-7)12-13-11(18)9(19-12)6-10(16)17/h2-5,15,18H,6H2,1H3,(H,16,17). The molecule has 0 radical (unpaired) electrons. The minimum atomic E-state index is -1.02. The number of aliphatic carboxylic acids is 1. The second-order valence-corrected chi connectivity index (χ2v) is 4.95. The van der Waals surface area contributed by atoms with Crippen LogP contribution in [-0.4, -0.2) is 33.3 Å². The quantitative estimate of drug-likeness (QED) is 0.792. The Hall–Kier alpha value is -2.28. The third-order valence-corrected chi connectivity index (χ3v) is 3.62. The number of nitrogens with zero attached hydrogens (tertiary/aromatic N) is 2. The van der Waals surface area contributed by atoms with Crippen LogP contribution in [0.1, 0.15) is 4.88 Å². The van der Waals surface area contributed by atoms with Crippen molar-refractivity contribution in [3.8, 4) is 11.6 Å². The van der Waals surface area contributed by atoms with E-state index in [4.69, 9.17) is 5.11 Å². The van der Waals surface area contributed by atoms with Crippen LogP contribution < -0.4 is 4.90 Å². The van der Waals surface area contributed by atoms with E-state index in [0.29, 0.717) is 10.0 Å². The van der Waals surface area contributed by atoms with Crippen LogP contribution >= 0.6 is 11.3 Å². The van der Waals surface area contributed by atoms with Gasteiger partial charge >= 0.3 is 5.97 Å². The lowest BCUT2D eigenvalue weighted by molar-refractivity contribution is -0.136. The molecule has 2 aromatic rings. The Balaban J connectivity index is 2.26. The lowest BCUT2D eigenvalue weighted by atomic mass is 10.3. The fourth-order valence-electron chi connectivity index (χ4n) is 1.51. The summed E-state index contributed by atoms with van der Waals surface area (Å²) in [5, 5.41) is 28.0. The van der Waals surface area contributed by atoms with E-state index in [-0.39, 0.29) is 18.1 Å². The van der Waals surface area contributed by atoms with E-state index in [0.717, 1.165) is 17.0 Å². The van der Waals surface area contributed by atoms with Gasteiger partial charge in [-0.15, -0.1) is 0 Å². The first-order valence-corrected chi connectivity index (χ1v) is 6.22. The first kappa shape index (κ1) is 13.2. The maximum atomic E-state index is 10.6. The Kier molecular flexibility index (Phi) is 3.57. The number of carboxylic acid groups (broad SMARTS) is 1. The highest BCUT2D eigenvalue weighted by Gasteiger charge is 2.16. The number of phenols is 1. The lowest BCUT2D eigenvalue weighted by Gasteiger charge is -2.15. The lowest BCUT2D eigenvalue weighted by Crippen LogP contribution is -2.08. The predicted octanol–water partition coefficient (Wildman–Crippen LogP) is 1.95. The monoisotopic (exact) mass is 280 g/mol. The van der Waals surface area contributed by atoms with Gasteiger partial charge in [-0.25, -0.2) is 0 Å². The van der Waals surface area contributed by atoms with Gasteiger partial charge in [-0.05, 0) is 24.3 Å². The molecule has 0 spiro atoms. The van der Waals surface area contributed by atoms with Gasteiger partial charge in [0.25, 0.3) is 0 Å². The molecule has 0 aliphatic carbocycles. The van der Waals surface area contributed by atoms with Crippen LogP contribution in [0.3, 0.4) is 0 Å². The predicted molar refractivity (Wildman–Crippen MR) is 71.3 cm³/mol. The molecule has 2 rings (SSSR count). The minimum Gasteiger partial charge on any atom is -0.508 e. The second-order valence-electron chi connectivity index (χ2n) is 3.89. The molecular weight excluding hydrogens is 268 g/mol. The molecule has 19 heavy (non-hydrogen) atoms. The fourth-order valence-corrected chi connectivity index (χ4v) is 2.44. The highest BCUT2D eigenvalue weighted by molar-refractivity contribution is 7.16. The topological polar surface area (TPSA) is 93.9 Å². The molecule has 0 aliphatic heterocycles. The first-order valence-electron chi connectivity index (χ1n) is 5.40. The number of carboxylic acids is 1. The van der Waals surface area contributed by atoms with Crippen molar-refractivity contribution in [1.82, 2.24) is 4.98 Å². The summed E-state index contributed by atoms with van der Waals surface area (Å²) in [6.45, 7) is 0. The van der Waals surface area contributed by atoms with Crippen LogP contribution in [0, 0.1) is 0 Å². The molecule has 7 heteroatoms. The zero-order valence-electron chi connectivity index (χ0n) is 10.1. The third-order valence-electron chi connectivity index (χ3n) is 2.50. The zero-order chi connectivity index (χ0) is 14.0. The van der Waals surface area contributed by atoms with Gasteiger partial charge in [0.2, 0.25) is 5.88 Å². The van der Waals surface area contributed by atoms with Crippen LogP contribution in [0.5, 0.6) is 11.6 Å². The average Bonchev–Trinajstić information content (AvgIpc) is 2.70. The number of aromatic nitrogens is 1. The van der Waals surface area contributed by atoms with Crippen molar-refractivity contribution in [2.45, 2.75) is 6.42 Å². The summed E-state index contributed by atoms with van der Waals surface area (Å²) in [7, 11) is 1.75. The zero-order valence-corrected chi connectivity index (χ0v) is 10.9. The van der Waals surface area contributed by atoms with Crippen molar-refractivity contribution in [3.63, 3.8) is 0 Å². The van der Waals surface area contributed by atoms with Crippen LogP contribution in [0.4, 0.5) is 10.8 Å². The molecule has 0 saturated carbocycles. The van der Waals surface area contributed by atoms with E-state index < -0.39 is 5.97 Å².